The molecule has 13 heteroatoms. The van der Waals surface area contributed by atoms with Gasteiger partial charge in [0, 0.05) is 36.4 Å². The third-order valence-corrected chi connectivity index (χ3v) is 6.23. The summed E-state index contributed by atoms with van der Waals surface area (Å²) >= 11 is 0. The van der Waals surface area contributed by atoms with Crippen molar-refractivity contribution < 1.29 is 33.2 Å². The van der Waals surface area contributed by atoms with Crippen LogP contribution in [-0.2, 0) is 20.8 Å². The summed E-state index contributed by atoms with van der Waals surface area (Å²) < 4.78 is 27.4. The van der Waals surface area contributed by atoms with Crippen LogP contribution in [0.1, 0.15) is 23.6 Å². The number of hydrogen-bond donors (Lipinski definition) is 2. The number of rotatable bonds is 8. The number of halogens is 2. The number of non-ortho nitro benzene ring substituents is 1. The lowest BCUT2D eigenvalue weighted by Gasteiger charge is -2.30. The SMILES string of the molecule is C[C@@H](C(=O)O)N(NC1N=C(c2ccccc2)c2cc([N+](=O)[O-])ccc2N(C)C1=O)C(=O)Cc1cc(F)cc(F)c1. The van der Waals surface area contributed by atoms with E-state index in [1.165, 1.54) is 37.1 Å². The summed E-state index contributed by atoms with van der Waals surface area (Å²) in [7, 11) is 1.41. The number of hydrogen-bond acceptors (Lipinski definition) is 7. The van der Waals surface area contributed by atoms with Gasteiger partial charge < -0.3 is 10.0 Å². The molecule has 0 fully saturated rings. The van der Waals surface area contributed by atoms with Gasteiger partial charge in [-0.05, 0) is 30.7 Å². The topological polar surface area (TPSA) is 145 Å². The molecule has 206 valence electrons. The van der Waals surface area contributed by atoms with E-state index in [0.717, 1.165) is 12.1 Å². The molecule has 0 aromatic heterocycles. The number of aliphatic carboxylic acids is 1. The van der Waals surface area contributed by atoms with E-state index in [-0.39, 0.29) is 22.5 Å². The molecule has 1 unspecified atom stereocenters. The van der Waals surface area contributed by atoms with Crippen LogP contribution >= 0.6 is 0 Å². The number of anilines is 1. The molecule has 2 N–H and O–H groups in total. The maximum absolute atomic E-state index is 13.7. The number of likely N-dealkylation sites (N-methyl/N-ethyl adjacent to an activating group) is 1. The van der Waals surface area contributed by atoms with Gasteiger partial charge in [-0.25, -0.2) is 13.6 Å². The molecule has 0 spiro atoms. The minimum atomic E-state index is -1.55. The lowest BCUT2D eigenvalue weighted by Crippen LogP contribution is -2.58. The van der Waals surface area contributed by atoms with E-state index in [2.05, 4.69) is 10.4 Å². The predicted octanol–water partition coefficient (Wildman–Crippen LogP) is 3.06. The van der Waals surface area contributed by atoms with Crippen LogP contribution in [-0.4, -0.2) is 57.8 Å². The zero-order chi connectivity index (χ0) is 29.1. The molecule has 0 radical (unpaired) electrons. The van der Waals surface area contributed by atoms with Crippen molar-refractivity contribution in [2.24, 2.45) is 4.99 Å². The Balaban J connectivity index is 1.79. The first-order chi connectivity index (χ1) is 19.0. The summed E-state index contributed by atoms with van der Waals surface area (Å²) in [5.41, 5.74) is 3.52. The smallest absolute Gasteiger partial charge is 0.327 e. The van der Waals surface area contributed by atoms with E-state index in [4.69, 9.17) is 0 Å². The standard InChI is InChI=1S/C27H23F2N5O6/c1-15(27(37)38)33(23(35)12-16-10-18(28)13-19(29)11-16)31-25-26(36)32(2)22-9-8-20(34(39)40)14-21(22)24(30-25)17-6-4-3-5-7-17/h3-11,13-15,25,31H,12H2,1-2H3,(H,37,38)/t15-,25?/m0/s1. The number of nitrogens with zero attached hydrogens (tertiary/aromatic N) is 4. The van der Waals surface area contributed by atoms with Gasteiger partial charge in [0.05, 0.1) is 22.7 Å². The van der Waals surface area contributed by atoms with Gasteiger partial charge in [-0.2, -0.15) is 5.43 Å². The van der Waals surface area contributed by atoms with E-state index in [9.17, 15) is 38.4 Å². The molecular weight excluding hydrogens is 528 g/mol. The first-order valence-corrected chi connectivity index (χ1v) is 11.9. The van der Waals surface area contributed by atoms with Crippen molar-refractivity contribution in [3.63, 3.8) is 0 Å². The lowest BCUT2D eigenvalue weighted by molar-refractivity contribution is -0.384. The highest BCUT2D eigenvalue weighted by molar-refractivity contribution is 6.20. The summed E-state index contributed by atoms with van der Waals surface area (Å²) in [6, 6.07) is 13.4. The summed E-state index contributed by atoms with van der Waals surface area (Å²) in [6.45, 7) is 1.18. The average Bonchev–Trinajstić information content (AvgIpc) is 3.01. The van der Waals surface area contributed by atoms with Crippen LogP contribution in [0, 0.1) is 21.7 Å². The van der Waals surface area contributed by atoms with Crippen molar-refractivity contribution in [1.82, 2.24) is 10.4 Å². The number of nitro benzene ring substituents is 1. The Labute approximate surface area is 226 Å². The number of carbonyl (C=O) groups is 3. The third-order valence-electron chi connectivity index (χ3n) is 6.23. The Morgan fingerprint density at radius 3 is 2.38 bits per heavy atom. The number of carbonyl (C=O) groups excluding carboxylic acids is 2. The van der Waals surface area contributed by atoms with E-state index < -0.39 is 53.0 Å². The monoisotopic (exact) mass is 551 g/mol. The molecular formula is C27H23F2N5O6. The van der Waals surface area contributed by atoms with Crippen LogP contribution in [0.3, 0.4) is 0 Å². The van der Waals surface area contributed by atoms with Gasteiger partial charge in [0.2, 0.25) is 5.91 Å². The molecule has 0 saturated heterocycles. The summed E-state index contributed by atoms with van der Waals surface area (Å²) in [5.74, 6) is -4.86. The average molecular weight is 552 g/mol. The molecule has 1 heterocycles. The fourth-order valence-electron chi connectivity index (χ4n) is 4.20. The number of carboxylic acid groups (broad SMARTS) is 1. The Bertz CT molecular complexity index is 1510. The number of benzene rings is 3. The third kappa shape index (κ3) is 5.83. The maximum atomic E-state index is 13.7. The van der Waals surface area contributed by atoms with E-state index in [1.54, 1.807) is 30.3 Å². The Kier molecular flexibility index (Phi) is 7.95. The van der Waals surface area contributed by atoms with E-state index in [0.29, 0.717) is 22.3 Å². The molecule has 0 saturated carbocycles. The highest BCUT2D eigenvalue weighted by atomic mass is 19.1. The summed E-state index contributed by atoms with van der Waals surface area (Å²) in [5, 5.41) is 21.8. The van der Waals surface area contributed by atoms with Crippen molar-refractivity contribution in [2.75, 3.05) is 11.9 Å². The molecule has 3 aromatic carbocycles. The molecule has 11 nitrogen and oxygen atoms in total. The predicted molar refractivity (Wildman–Crippen MR) is 140 cm³/mol. The number of amides is 2. The normalized spacial score (nSPS) is 15.5. The van der Waals surface area contributed by atoms with Gasteiger partial charge in [0.1, 0.15) is 17.7 Å². The maximum Gasteiger partial charge on any atom is 0.327 e. The Hall–Kier alpha value is -5.04. The van der Waals surface area contributed by atoms with Gasteiger partial charge >= 0.3 is 5.97 Å². The quantitative estimate of drug-likeness (QED) is 0.323. The molecule has 4 rings (SSSR count). The minimum Gasteiger partial charge on any atom is -0.480 e. The van der Waals surface area contributed by atoms with Gasteiger partial charge in [0.25, 0.3) is 11.6 Å². The fourth-order valence-corrected chi connectivity index (χ4v) is 4.20. The number of hydrazine groups is 1. The molecule has 3 aromatic rings. The van der Waals surface area contributed by atoms with Gasteiger partial charge in [0.15, 0.2) is 6.17 Å². The molecule has 1 aliphatic heterocycles. The van der Waals surface area contributed by atoms with Crippen LogP contribution < -0.4 is 10.3 Å². The molecule has 0 aliphatic carbocycles. The van der Waals surface area contributed by atoms with Crippen LogP contribution in [0.4, 0.5) is 20.2 Å². The second-order valence-corrected chi connectivity index (χ2v) is 8.96. The number of nitro groups is 1. The number of benzodiazepines with no additional fused rings is 1. The number of aliphatic imine (C=N–C) groups is 1. The van der Waals surface area contributed by atoms with Crippen molar-refractivity contribution in [3.05, 3.63) is 105 Å². The number of carboxylic acids is 1. The van der Waals surface area contributed by atoms with E-state index >= 15 is 0 Å². The van der Waals surface area contributed by atoms with Gasteiger partial charge in [-0.3, -0.25) is 29.7 Å². The lowest BCUT2D eigenvalue weighted by atomic mass is 9.99. The van der Waals surface area contributed by atoms with Crippen LogP contribution in [0.5, 0.6) is 0 Å². The highest BCUT2D eigenvalue weighted by Gasteiger charge is 2.35. The molecule has 40 heavy (non-hydrogen) atoms. The summed E-state index contributed by atoms with van der Waals surface area (Å²) in [6.07, 6.45) is -2.14. The zero-order valence-corrected chi connectivity index (χ0v) is 21.2. The second-order valence-electron chi connectivity index (χ2n) is 8.96. The molecule has 2 atom stereocenters. The second kappa shape index (κ2) is 11.4. The first-order valence-electron chi connectivity index (χ1n) is 11.9. The first kappa shape index (κ1) is 28.0. The highest BCUT2D eigenvalue weighted by Crippen LogP contribution is 2.31. The number of fused-ring (bicyclic) bond motifs is 1. The minimum absolute atomic E-state index is 0.0515. The van der Waals surface area contributed by atoms with Crippen molar-refractivity contribution in [1.29, 1.82) is 0 Å². The fraction of sp³-hybridized carbons (Fsp3) is 0.185. The summed E-state index contributed by atoms with van der Waals surface area (Å²) in [4.78, 5) is 55.2. The van der Waals surface area contributed by atoms with Crippen LogP contribution in [0.15, 0.2) is 71.7 Å². The van der Waals surface area contributed by atoms with Crippen molar-refractivity contribution in [3.8, 4) is 0 Å². The van der Waals surface area contributed by atoms with Gasteiger partial charge in [-0.1, -0.05) is 30.3 Å². The molecule has 1 aliphatic rings. The Morgan fingerprint density at radius 1 is 1.12 bits per heavy atom. The van der Waals surface area contributed by atoms with Crippen LogP contribution in [0.2, 0.25) is 0 Å². The molecule has 0 bridgehead atoms. The van der Waals surface area contributed by atoms with Crippen molar-refractivity contribution in [2.45, 2.75) is 25.6 Å². The molecule has 2 amide bonds. The largest absolute Gasteiger partial charge is 0.480 e. The Morgan fingerprint density at radius 2 is 1.77 bits per heavy atom. The van der Waals surface area contributed by atoms with Gasteiger partial charge in [-0.15, -0.1) is 0 Å². The van der Waals surface area contributed by atoms with Crippen LogP contribution in [0.25, 0.3) is 0 Å². The van der Waals surface area contributed by atoms with Crippen molar-refractivity contribution >= 4 is 34.9 Å². The number of nitrogens with one attached hydrogen (secondary N) is 1. The zero-order valence-electron chi connectivity index (χ0n) is 21.2. The van der Waals surface area contributed by atoms with E-state index in [1.807, 2.05) is 0 Å².